The molecule has 2 aromatic rings. The van der Waals surface area contributed by atoms with Crippen LogP contribution >= 0.6 is 0 Å². The molecule has 3 aliphatic rings. The van der Waals surface area contributed by atoms with Crippen LogP contribution in [0.1, 0.15) is 24.5 Å². The standard InChI is InChI=1S/C20H24N2O3S/c1-3-14-13-22-11-9-15(14)12-19(22)20(25-26(2,23)24)17-8-10-21-18-7-5-4-6-16(17)18/h3-8,10,14-15,19-20H,1,9,11-13H2,2H3/t14-,15-,19-,20+/m0/s1. The number of aromatic nitrogens is 1. The van der Waals surface area contributed by atoms with Crippen molar-refractivity contribution in [2.75, 3.05) is 19.3 Å². The number of hydrogen-bond acceptors (Lipinski definition) is 5. The van der Waals surface area contributed by atoms with Crippen LogP contribution in [-0.4, -0.2) is 43.7 Å². The van der Waals surface area contributed by atoms with Crippen LogP contribution < -0.4 is 0 Å². The average molecular weight is 372 g/mol. The Balaban J connectivity index is 1.77. The third-order valence-electron chi connectivity index (χ3n) is 5.77. The molecule has 3 aliphatic heterocycles. The van der Waals surface area contributed by atoms with E-state index in [2.05, 4.69) is 16.5 Å². The van der Waals surface area contributed by atoms with Gasteiger partial charge in [-0.3, -0.25) is 14.1 Å². The summed E-state index contributed by atoms with van der Waals surface area (Å²) in [5.74, 6) is 1.02. The largest absolute Gasteiger partial charge is 0.297 e. The lowest BCUT2D eigenvalue weighted by molar-refractivity contribution is -0.0336. The van der Waals surface area contributed by atoms with Crippen molar-refractivity contribution >= 4 is 21.0 Å². The summed E-state index contributed by atoms with van der Waals surface area (Å²) in [5, 5.41) is 0.951. The van der Waals surface area contributed by atoms with Crippen LogP contribution in [0.25, 0.3) is 10.9 Å². The van der Waals surface area contributed by atoms with Crippen molar-refractivity contribution in [1.82, 2.24) is 9.88 Å². The Morgan fingerprint density at radius 2 is 2.15 bits per heavy atom. The molecule has 26 heavy (non-hydrogen) atoms. The highest BCUT2D eigenvalue weighted by Crippen LogP contribution is 2.43. The van der Waals surface area contributed by atoms with Crippen LogP contribution in [0, 0.1) is 11.8 Å². The smallest absolute Gasteiger partial charge is 0.265 e. The highest BCUT2D eigenvalue weighted by Gasteiger charge is 2.44. The van der Waals surface area contributed by atoms with Crippen LogP contribution in [0.4, 0.5) is 0 Å². The minimum absolute atomic E-state index is 0.0467. The molecule has 5 rings (SSSR count). The normalized spacial score (nSPS) is 29.6. The highest BCUT2D eigenvalue weighted by molar-refractivity contribution is 7.86. The van der Waals surface area contributed by atoms with Crippen LogP contribution in [0.5, 0.6) is 0 Å². The van der Waals surface area contributed by atoms with Crippen molar-refractivity contribution in [3.05, 3.63) is 54.7 Å². The van der Waals surface area contributed by atoms with Crippen molar-refractivity contribution in [3.8, 4) is 0 Å². The molecule has 4 heterocycles. The van der Waals surface area contributed by atoms with Gasteiger partial charge >= 0.3 is 0 Å². The number of fused-ring (bicyclic) bond motifs is 4. The van der Waals surface area contributed by atoms with E-state index in [1.165, 1.54) is 0 Å². The lowest BCUT2D eigenvalue weighted by Crippen LogP contribution is -2.55. The van der Waals surface area contributed by atoms with Gasteiger partial charge in [0.05, 0.1) is 11.8 Å². The lowest BCUT2D eigenvalue weighted by Gasteiger charge is -2.51. The van der Waals surface area contributed by atoms with Gasteiger partial charge in [-0.1, -0.05) is 24.3 Å². The molecular formula is C20H24N2O3S. The number of para-hydroxylation sites is 1. The topological polar surface area (TPSA) is 59.5 Å². The average Bonchev–Trinajstić information content (AvgIpc) is 2.65. The Kier molecular flexibility index (Phi) is 4.59. The fourth-order valence-electron chi connectivity index (χ4n) is 4.57. The van der Waals surface area contributed by atoms with Gasteiger partial charge in [0.15, 0.2) is 0 Å². The predicted molar refractivity (Wildman–Crippen MR) is 102 cm³/mol. The second-order valence-electron chi connectivity index (χ2n) is 7.38. The molecule has 0 saturated carbocycles. The van der Waals surface area contributed by atoms with E-state index in [9.17, 15) is 8.42 Å². The molecule has 0 spiro atoms. The van der Waals surface area contributed by atoms with Gasteiger partial charge in [-0.05, 0) is 48.9 Å². The van der Waals surface area contributed by atoms with E-state index in [1.807, 2.05) is 36.4 Å². The summed E-state index contributed by atoms with van der Waals surface area (Å²) in [6.07, 6.45) is 6.45. The van der Waals surface area contributed by atoms with Crippen LogP contribution in [0.15, 0.2) is 49.2 Å². The number of benzene rings is 1. The summed E-state index contributed by atoms with van der Waals surface area (Å²) in [6, 6.07) is 9.76. The zero-order chi connectivity index (χ0) is 18.3. The predicted octanol–water partition coefficient (Wildman–Crippen LogP) is 3.15. The maximum absolute atomic E-state index is 12.0. The van der Waals surface area contributed by atoms with Crippen molar-refractivity contribution in [1.29, 1.82) is 0 Å². The molecule has 0 aliphatic carbocycles. The molecule has 5 atom stereocenters. The van der Waals surface area contributed by atoms with Crippen LogP contribution in [0.3, 0.4) is 0 Å². The fourth-order valence-corrected chi connectivity index (χ4v) is 5.18. The minimum atomic E-state index is -3.59. The number of rotatable bonds is 5. The molecule has 3 fully saturated rings. The number of piperidine rings is 3. The van der Waals surface area contributed by atoms with Gasteiger partial charge in [-0.2, -0.15) is 8.42 Å². The van der Waals surface area contributed by atoms with Crippen molar-refractivity contribution in [2.45, 2.75) is 25.0 Å². The van der Waals surface area contributed by atoms with Crippen LogP contribution in [0.2, 0.25) is 0 Å². The van der Waals surface area contributed by atoms with Crippen LogP contribution in [-0.2, 0) is 14.3 Å². The summed E-state index contributed by atoms with van der Waals surface area (Å²) < 4.78 is 29.8. The first-order valence-electron chi connectivity index (χ1n) is 9.05. The van der Waals surface area contributed by atoms with Gasteiger partial charge in [0.1, 0.15) is 6.10 Å². The number of pyridine rings is 1. The lowest BCUT2D eigenvalue weighted by atomic mass is 9.73. The Morgan fingerprint density at radius 3 is 2.85 bits per heavy atom. The first-order valence-corrected chi connectivity index (χ1v) is 10.9. The molecule has 0 N–H and O–H groups in total. The van der Waals surface area contributed by atoms with E-state index in [0.717, 1.165) is 48.7 Å². The molecule has 1 unspecified atom stereocenters. The third-order valence-corrected chi connectivity index (χ3v) is 6.33. The summed E-state index contributed by atoms with van der Waals surface area (Å²) in [4.78, 5) is 6.78. The second-order valence-corrected chi connectivity index (χ2v) is 8.99. The van der Waals surface area contributed by atoms with E-state index in [1.54, 1.807) is 6.20 Å². The Bertz CT molecular complexity index is 922. The van der Waals surface area contributed by atoms with Gasteiger partial charge in [0.2, 0.25) is 0 Å². The zero-order valence-electron chi connectivity index (χ0n) is 14.9. The monoisotopic (exact) mass is 372 g/mol. The summed E-state index contributed by atoms with van der Waals surface area (Å²) in [6.45, 7) is 5.87. The Hall–Kier alpha value is -1.76. The molecule has 1 aromatic carbocycles. The van der Waals surface area contributed by atoms with E-state index in [4.69, 9.17) is 4.18 Å². The van der Waals surface area contributed by atoms with Crippen molar-refractivity contribution in [2.24, 2.45) is 11.8 Å². The third kappa shape index (κ3) is 3.29. The molecule has 0 amide bonds. The van der Waals surface area contributed by atoms with Crippen molar-refractivity contribution < 1.29 is 12.6 Å². The van der Waals surface area contributed by atoms with Gasteiger partial charge in [-0.25, -0.2) is 0 Å². The summed E-state index contributed by atoms with van der Waals surface area (Å²) in [7, 11) is -3.59. The quantitative estimate of drug-likeness (QED) is 0.596. The molecule has 1 aromatic heterocycles. The summed E-state index contributed by atoms with van der Waals surface area (Å²) in [5.41, 5.74) is 1.75. The SMILES string of the molecule is C=C[C@H]1CN2CC[C@H]1C[C@H]2[C@H](OS(C)(=O)=O)c1ccnc2ccccc12. The maximum Gasteiger partial charge on any atom is 0.265 e. The molecule has 2 bridgehead atoms. The Morgan fingerprint density at radius 1 is 1.35 bits per heavy atom. The summed E-state index contributed by atoms with van der Waals surface area (Å²) >= 11 is 0. The zero-order valence-corrected chi connectivity index (χ0v) is 15.7. The minimum Gasteiger partial charge on any atom is -0.297 e. The van der Waals surface area contributed by atoms with Gasteiger partial charge in [-0.15, -0.1) is 6.58 Å². The Labute approximate surface area is 154 Å². The second kappa shape index (κ2) is 6.76. The van der Waals surface area contributed by atoms with Gasteiger partial charge in [0, 0.05) is 24.2 Å². The van der Waals surface area contributed by atoms with E-state index >= 15 is 0 Å². The first-order chi connectivity index (χ1) is 12.5. The maximum atomic E-state index is 12.0. The molecule has 0 radical (unpaired) electrons. The fraction of sp³-hybridized carbons (Fsp3) is 0.450. The van der Waals surface area contributed by atoms with E-state index < -0.39 is 16.2 Å². The van der Waals surface area contributed by atoms with Crippen molar-refractivity contribution in [3.63, 3.8) is 0 Å². The van der Waals surface area contributed by atoms with Gasteiger partial charge in [0.25, 0.3) is 10.1 Å². The molecule has 138 valence electrons. The first kappa shape index (κ1) is 17.6. The molecular weight excluding hydrogens is 348 g/mol. The number of hydrogen-bond donors (Lipinski definition) is 0. The highest BCUT2D eigenvalue weighted by atomic mass is 32.2. The van der Waals surface area contributed by atoms with E-state index in [0.29, 0.717) is 11.8 Å². The molecule has 5 nitrogen and oxygen atoms in total. The molecule has 6 heteroatoms. The molecule has 3 saturated heterocycles. The number of nitrogens with zero attached hydrogens (tertiary/aromatic N) is 2. The van der Waals surface area contributed by atoms with Gasteiger partial charge < -0.3 is 0 Å². The van der Waals surface area contributed by atoms with E-state index in [-0.39, 0.29) is 6.04 Å².